The van der Waals surface area contributed by atoms with Gasteiger partial charge in [0.1, 0.15) is 0 Å². The predicted molar refractivity (Wildman–Crippen MR) is 26.4 cm³/mol. The standard InChI is InChI=1S/C6H6.2Zn/c1-2-4-6-5-3-1;;/h1-6H;;. The van der Waals surface area contributed by atoms with Crippen molar-refractivity contribution in [2.75, 3.05) is 0 Å². The van der Waals surface area contributed by atoms with Crippen LogP contribution in [0.1, 0.15) is 0 Å². The van der Waals surface area contributed by atoms with Gasteiger partial charge in [-0.05, 0) is 0 Å². The van der Waals surface area contributed by atoms with E-state index in [1.54, 1.807) is 0 Å². The fourth-order valence-electron chi connectivity index (χ4n) is 0.385. The van der Waals surface area contributed by atoms with Crippen LogP contribution in [0.5, 0.6) is 0 Å². The summed E-state index contributed by atoms with van der Waals surface area (Å²) in [4.78, 5) is 0. The second-order valence-corrected chi connectivity index (χ2v) is 1.15. The number of rotatable bonds is 0. The molecule has 0 atom stereocenters. The molecule has 0 aliphatic carbocycles. The van der Waals surface area contributed by atoms with Crippen LogP contribution in [-0.2, 0) is 39.0 Å². The largest absolute Gasteiger partial charge is 0.0623 e. The molecule has 0 aliphatic heterocycles. The molecule has 0 spiro atoms. The Labute approximate surface area is 75.2 Å². The van der Waals surface area contributed by atoms with Gasteiger partial charge in [-0.15, -0.1) is 0 Å². The van der Waals surface area contributed by atoms with Gasteiger partial charge in [0.15, 0.2) is 0 Å². The van der Waals surface area contributed by atoms with Crippen LogP contribution in [0.3, 0.4) is 0 Å². The first-order valence-electron chi connectivity index (χ1n) is 2.00. The van der Waals surface area contributed by atoms with Gasteiger partial charge in [0.05, 0.1) is 0 Å². The van der Waals surface area contributed by atoms with Gasteiger partial charge in [0.25, 0.3) is 0 Å². The molecule has 0 aliphatic rings. The molecular weight excluding hydrogens is 203 g/mol. The van der Waals surface area contributed by atoms with Gasteiger partial charge in [0, 0.05) is 39.0 Å². The zero-order valence-corrected chi connectivity index (χ0v) is 10.8. The van der Waals surface area contributed by atoms with Crippen molar-refractivity contribution in [1.29, 1.82) is 0 Å². The molecule has 34 valence electrons. The second kappa shape index (κ2) is 7.47. The Morgan fingerprint density at radius 1 is 0.375 bits per heavy atom. The third-order valence-corrected chi connectivity index (χ3v) is 0.667. The molecule has 2 heteroatoms. The molecular formula is C6H6Zn2. The SMILES string of the molecule is [Zn].[Zn].c1ccccc1. The minimum atomic E-state index is 0. The smallest absolute Gasteiger partial charge is 0 e. The van der Waals surface area contributed by atoms with Gasteiger partial charge in [-0.25, -0.2) is 0 Å². The second-order valence-electron chi connectivity index (χ2n) is 1.15. The molecule has 0 unspecified atom stereocenters. The van der Waals surface area contributed by atoms with E-state index in [-0.39, 0.29) is 39.0 Å². The first kappa shape index (κ1) is 11.3. The molecule has 0 saturated heterocycles. The summed E-state index contributed by atoms with van der Waals surface area (Å²) >= 11 is 0. The molecule has 0 saturated carbocycles. The van der Waals surface area contributed by atoms with Crippen molar-refractivity contribution in [2.24, 2.45) is 0 Å². The van der Waals surface area contributed by atoms with Crippen LogP contribution in [0.15, 0.2) is 36.4 Å². The first-order chi connectivity index (χ1) is 3.00. The van der Waals surface area contributed by atoms with E-state index < -0.39 is 0 Å². The molecule has 0 N–H and O–H groups in total. The molecule has 0 nitrogen and oxygen atoms in total. The van der Waals surface area contributed by atoms with Crippen molar-refractivity contribution in [3.05, 3.63) is 36.4 Å². The Balaban J connectivity index is 0. The van der Waals surface area contributed by atoms with E-state index in [0.29, 0.717) is 0 Å². The Bertz CT molecular complexity index is 78.5. The van der Waals surface area contributed by atoms with Crippen LogP contribution in [0.25, 0.3) is 0 Å². The van der Waals surface area contributed by atoms with E-state index in [2.05, 4.69) is 0 Å². The Morgan fingerprint density at radius 3 is 0.625 bits per heavy atom. The van der Waals surface area contributed by atoms with Crippen molar-refractivity contribution < 1.29 is 39.0 Å². The van der Waals surface area contributed by atoms with E-state index in [1.165, 1.54) is 0 Å². The summed E-state index contributed by atoms with van der Waals surface area (Å²) in [6, 6.07) is 12.0. The molecule has 0 bridgehead atoms. The van der Waals surface area contributed by atoms with E-state index in [0.717, 1.165) is 0 Å². The summed E-state index contributed by atoms with van der Waals surface area (Å²) in [5, 5.41) is 0. The molecule has 1 rings (SSSR count). The molecule has 1 aromatic rings. The minimum absolute atomic E-state index is 0. The van der Waals surface area contributed by atoms with Gasteiger partial charge in [-0.3, -0.25) is 0 Å². The maximum absolute atomic E-state index is 2.00. The molecule has 0 radical (unpaired) electrons. The fourth-order valence-corrected chi connectivity index (χ4v) is 0.385. The topological polar surface area (TPSA) is 0 Å². The average molecular weight is 209 g/mol. The quantitative estimate of drug-likeness (QED) is 0.570. The normalized spacial score (nSPS) is 6.00. The van der Waals surface area contributed by atoms with Crippen LogP contribution in [0, 0.1) is 0 Å². The van der Waals surface area contributed by atoms with E-state index in [9.17, 15) is 0 Å². The third kappa shape index (κ3) is 4.62. The van der Waals surface area contributed by atoms with Gasteiger partial charge in [-0.2, -0.15) is 0 Å². The molecule has 0 aromatic heterocycles. The van der Waals surface area contributed by atoms with Gasteiger partial charge in [-0.1, -0.05) is 36.4 Å². The van der Waals surface area contributed by atoms with E-state index >= 15 is 0 Å². The predicted octanol–water partition coefficient (Wildman–Crippen LogP) is 1.68. The van der Waals surface area contributed by atoms with Gasteiger partial charge < -0.3 is 0 Å². The maximum atomic E-state index is 2.00. The molecule has 8 heavy (non-hydrogen) atoms. The first-order valence-corrected chi connectivity index (χ1v) is 2.00. The van der Waals surface area contributed by atoms with E-state index in [4.69, 9.17) is 0 Å². The summed E-state index contributed by atoms with van der Waals surface area (Å²) in [5.74, 6) is 0. The van der Waals surface area contributed by atoms with Crippen molar-refractivity contribution in [3.8, 4) is 0 Å². The van der Waals surface area contributed by atoms with Crippen molar-refractivity contribution in [2.45, 2.75) is 0 Å². The van der Waals surface area contributed by atoms with Crippen molar-refractivity contribution in [1.82, 2.24) is 0 Å². The monoisotopic (exact) mass is 206 g/mol. The van der Waals surface area contributed by atoms with E-state index in [1.807, 2.05) is 36.4 Å². The summed E-state index contributed by atoms with van der Waals surface area (Å²) in [7, 11) is 0. The Hall–Kier alpha value is 0.467. The Morgan fingerprint density at radius 2 is 0.500 bits per heavy atom. The molecule has 1 aromatic carbocycles. The Kier molecular flexibility index (Phi) is 10.5. The van der Waals surface area contributed by atoms with Crippen LogP contribution in [-0.4, -0.2) is 0 Å². The maximum Gasteiger partial charge on any atom is 0 e. The molecule has 0 amide bonds. The average Bonchev–Trinajstić information content (AvgIpc) is 1.72. The number of hydrogen-bond acceptors (Lipinski definition) is 0. The zero-order chi connectivity index (χ0) is 4.24. The number of hydrogen-bond donors (Lipinski definition) is 0. The minimum Gasteiger partial charge on any atom is -0.0623 e. The molecule has 0 fully saturated rings. The summed E-state index contributed by atoms with van der Waals surface area (Å²) in [5.41, 5.74) is 0. The summed E-state index contributed by atoms with van der Waals surface area (Å²) in [6.07, 6.45) is 0. The van der Waals surface area contributed by atoms with Crippen LogP contribution in [0.2, 0.25) is 0 Å². The third-order valence-electron chi connectivity index (χ3n) is 0.667. The van der Waals surface area contributed by atoms with Crippen LogP contribution >= 0.6 is 0 Å². The fraction of sp³-hybridized carbons (Fsp3) is 0. The van der Waals surface area contributed by atoms with Crippen molar-refractivity contribution in [3.63, 3.8) is 0 Å². The van der Waals surface area contributed by atoms with Gasteiger partial charge >= 0.3 is 0 Å². The zero-order valence-electron chi connectivity index (χ0n) is 4.88. The number of benzene rings is 1. The van der Waals surface area contributed by atoms with Crippen LogP contribution in [0.4, 0.5) is 0 Å². The van der Waals surface area contributed by atoms with Gasteiger partial charge in [0.2, 0.25) is 0 Å². The van der Waals surface area contributed by atoms with Crippen molar-refractivity contribution >= 4 is 0 Å². The molecule has 0 heterocycles. The van der Waals surface area contributed by atoms with Crippen LogP contribution < -0.4 is 0 Å². The summed E-state index contributed by atoms with van der Waals surface area (Å²) < 4.78 is 0. The summed E-state index contributed by atoms with van der Waals surface area (Å²) in [6.45, 7) is 0.